The second-order valence-electron chi connectivity index (χ2n) is 3.75. The van der Waals surface area contributed by atoms with Crippen molar-refractivity contribution in [1.82, 2.24) is 5.32 Å². The van der Waals surface area contributed by atoms with Crippen molar-refractivity contribution < 1.29 is 9.59 Å². The average molecular weight is 289 g/mol. The van der Waals surface area contributed by atoms with Crippen LogP contribution in [0.15, 0.2) is 18.2 Å². The van der Waals surface area contributed by atoms with E-state index in [1.165, 1.54) is 18.7 Å². The lowest BCUT2D eigenvalue weighted by Crippen LogP contribution is -2.36. The lowest BCUT2D eigenvalue weighted by molar-refractivity contribution is -0.119. The van der Waals surface area contributed by atoms with Crippen LogP contribution in [0.5, 0.6) is 0 Å². The SMILES string of the molecule is CC(=O)NCCN(C(C)=O)c1ccc(Cl)c(Cl)c1. The van der Waals surface area contributed by atoms with Gasteiger partial charge in [0.25, 0.3) is 0 Å². The third-order valence-electron chi connectivity index (χ3n) is 2.30. The van der Waals surface area contributed by atoms with Crippen molar-refractivity contribution in [2.45, 2.75) is 13.8 Å². The van der Waals surface area contributed by atoms with Gasteiger partial charge in [-0.2, -0.15) is 0 Å². The number of hydrogen-bond acceptors (Lipinski definition) is 2. The molecule has 0 spiro atoms. The van der Waals surface area contributed by atoms with Gasteiger partial charge < -0.3 is 10.2 Å². The van der Waals surface area contributed by atoms with Crippen LogP contribution in [0, 0.1) is 0 Å². The van der Waals surface area contributed by atoms with E-state index < -0.39 is 0 Å². The monoisotopic (exact) mass is 288 g/mol. The molecule has 18 heavy (non-hydrogen) atoms. The van der Waals surface area contributed by atoms with Gasteiger partial charge in [0.1, 0.15) is 0 Å². The predicted octanol–water partition coefficient (Wildman–Crippen LogP) is 2.48. The summed E-state index contributed by atoms with van der Waals surface area (Å²) in [5, 5.41) is 3.46. The first-order valence-electron chi connectivity index (χ1n) is 5.39. The van der Waals surface area contributed by atoms with Gasteiger partial charge in [-0.05, 0) is 18.2 Å². The van der Waals surface area contributed by atoms with Gasteiger partial charge in [0, 0.05) is 32.6 Å². The highest BCUT2D eigenvalue weighted by atomic mass is 35.5. The van der Waals surface area contributed by atoms with Gasteiger partial charge in [0.15, 0.2) is 0 Å². The molecule has 4 nitrogen and oxygen atoms in total. The molecule has 0 bridgehead atoms. The fraction of sp³-hybridized carbons (Fsp3) is 0.333. The van der Waals surface area contributed by atoms with Crippen LogP contribution in [0.2, 0.25) is 10.0 Å². The van der Waals surface area contributed by atoms with Gasteiger partial charge in [-0.15, -0.1) is 0 Å². The molecule has 0 saturated heterocycles. The van der Waals surface area contributed by atoms with Crippen LogP contribution in [-0.2, 0) is 9.59 Å². The van der Waals surface area contributed by atoms with E-state index in [0.717, 1.165) is 0 Å². The number of carbonyl (C=O) groups excluding carboxylic acids is 2. The number of hydrogen-bond donors (Lipinski definition) is 1. The Balaban J connectivity index is 2.80. The first-order valence-corrected chi connectivity index (χ1v) is 6.15. The molecule has 0 aliphatic rings. The van der Waals surface area contributed by atoms with Crippen molar-refractivity contribution in [2.75, 3.05) is 18.0 Å². The van der Waals surface area contributed by atoms with Crippen molar-refractivity contribution >= 4 is 40.7 Å². The number of nitrogens with one attached hydrogen (secondary N) is 1. The lowest BCUT2D eigenvalue weighted by Gasteiger charge is -2.21. The normalized spacial score (nSPS) is 10.0. The first kappa shape index (κ1) is 14.8. The van der Waals surface area contributed by atoms with Crippen LogP contribution in [0.25, 0.3) is 0 Å². The fourth-order valence-corrected chi connectivity index (χ4v) is 1.76. The maximum Gasteiger partial charge on any atom is 0.223 e. The molecule has 0 aliphatic heterocycles. The second kappa shape index (κ2) is 6.61. The number of anilines is 1. The van der Waals surface area contributed by atoms with Crippen LogP contribution < -0.4 is 10.2 Å². The highest BCUT2D eigenvalue weighted by molar-refractivity contribution is 6.42. The number of carbonyl (C=O) groups is 2. The molecule has 0 radical (unpaired) electrons. The van der Waals surface area contributed by atoms with Crippen LogP contribution in [0.1, 0.15) is 13.8 Å². The van der Waals surface area contributed by atoms with E-state index in [1.54, 1.807) is 18.2 Å². The molecule has 1 aromatic rings. The van der Waals surface area contributed by atoms with E-state index in [4.69, 9.17) is 23.2 Å². The Kier molecular flexibility index (Phi) is 5.44. The smallest absolute Gasteiger partial charge is 0.223 e. The van der Waals surface area contributed by atoms with Crippen LogP contribution in [0.4, 0.5) is 5.69 Å². The summed E-state index contributed by atoms with van der Waals surface area (Å²) in [4.78, 5) is 23.9. The maximum absolute atomic E-state index is 11.6. The summed E-state index contributed by atoms with van der Waals surface area (Å²) in [6, 6.07) is 4.97. The standard InChI is InChI=1S/C12H14Cl2N2O2/c1-8(17)15-5-6-16(9(2)18)10-3-4-11(13)12(14)7-10/h3-4,7H,5-6H2,1-2H3,(H,15,17). The first-order chi connectivity index (χ1) is 8.41. The molecule has 0 unspecified atom stereocenters. The topological polar surface area (TPSA) is 49.4 Å². The van der Waals surface area contributed by atoms with E-state index in [0.29, 0.717) is 28.8 Å². The van der Waals surface area contributed by atoms with Gasteiger partial charge in [-0.3, -0.25) is 9.59 Å². The largest absolute Gasteiger partial charge is 0.355 e. The van der Waals surface area contributed by atoms with Crippen LogP contribution in [-0.4, -0.2) is 24.9 Å². The third-order valence-corrected chi connectivity index (χ3v) is 3.04. The molecular formula is C12H14Cl2N2O2. The van der Waals surface area contributed by atoms with E-state index in [1.807, 2.05) is 0 Å². The predicted molar refractivity (Wildman–Crippen MR) is 73.2 cm³/mol. The maximum atomic E-state index is 11.6. The number of rotatable bonds is 4. The van der Waals surface area contributed by atoms with Crippen LogP contribution >= 0.6 is 23.2 Å². The van der Waals surface area contributed by atoms with E-state index in [2.05, 4.69) is 5.32 Å². The molecule has 2 amide bonds. The second-order valence-corrected chi connectivity index (χ2v) is 4.57. The molecule has 6 heteroatoms. The highest BCUT2D eigenvalue weighted by Crippen LogP contribution is 2.27. The Bertz CT molecular complexity index is 463. The minimum atomic E-state index is -0.132. The van der Waals surface area contributed by atoms with Gasteiger partial charge in [-0.1, -0.05) is 23.2 Å². The molecule has 98 valence electrons. The van der Waals surface area contributed by atoms with Crippen molar-refractivity contribution in [3.63, 3.8) is 0 Å². The van der Waals surface area contributed by atoms with E-state index in [9.17, 15) is 9.59 Å². The Morgan fingerprint density at radius 1 is 1.22 bits per heavy atom. The average Bonchev–Trinajstić information content (AvgIpc) is 2.27. The zero-order valence-corrected chi connectivity index (χ0v) is 11.7. The molecule has 0 fully saturated rings. The van der Waals surface area contributed by atoms with Crippen molar-refractivity contribution in [3.8, 4) is 0 Å². The lowest BCUT2D eigenvalue weighted by atomic mass is 10.2. The van der Waals surface area contributed by atoms with E-state index in [-0.39, 0.29) is 11.8 Å². The molecule has 0 heterocycles. The Labute approximate surface area is 116 Å². The summed E-state index contributed by atoms with van der Waals surface area (Å²) in [5.41, 5.74) is 0.655. The summed E-state index contributed by atoms with van der Waals surface area (Å²) in [7, 11) is 0. The summed E-state index contributed by atoms with van der Waals surface area (Å²) in [6.07, 6.45) is 0. The molecule has 0 atom stereocenters. The summed E-state index contributed by atoms with van der Waals surface area (Å²) in [5.74, 6) is -0.258. The summed E-state index contributed by atoms with van der Waals surface area (Å²) in [6.45, 7) is 3.65. The van der Waals surface area contributed by atoms with E-state index >= 15 is 0 Å². The number of amides is 2. The number of halogens is 2. The van der Waals surface area contributed by atoms with Gasteiger partial charge in [0.05, 0.1) is 10.0 Å². The minimum absolute atomic E-state index is 0.126. The molecular weight excluding hydrogens is 275 g/mol. The van der Waals surface area contributed by atoms with Gasteiger partial charge in [0.2, 0.25) is 11.8 Å². The molecule has 1 N–H and O–H groups in total. The molecule has 0 aromatic heterocycles. The van der Waals surface area contributed by atoms with Crippen molar-refractivity contribution in [3.05, 3.63) is 28.2 Å². The summed E-state index contributed by atoms with van der Waals surface area (Å²) >= 11 is 11.7. The zero-order chi connectivity index (χ0) is 13.7. The van der Waals surface area contributed by atoms with Gasteiger partial charge in [-0.25, -0.2) is 0 Å². The zero-order valence-electron chi connectivity index (χ0n) is 10.2. The molecule has 1 rings (SSSR count). The Morgan fingerprint density at radius 3 is 2.39 bits per heavy atom. The van der Waals surface area contributed by atoms with Gasteiger partial charge >= 0.3 is 0 Å². The summed E-state index contributed by atoms with van der Waals surface area (Å²) < 4.78 is 0. The van der Waals surface area contributed by atoms with Crippen molar-refractivity contribution in [1.29, 1.82) is 0 Å². The van der Waals surface area contributed by atoms with Crippen molar-refractivity contribution in [2.24, 2.45) is 0 Å². The Morgan fingerprint density at radius 2 is 1.89 bits per heavy atom. The molecule has 0 saturated carbocycles. The third kappa shape index (κ3) is 4.20. The molecule has 0 aliphatic carbocycles. The number of nitrogens with zero attached hydrogens (tertiary/aromatic N) is 1. The molecule has 1 aromatic carbocycles. The fourth-order valence-electron chi connectivity index (χ4n) is 1.47. The van der Waals surface area contributed by atoms with Crippen LogP contribution in [0.3, 0.4) is 0 Å². The highest BCUT2D eigenvalue weighted by Gasteiger charge is 2.12. The Hall–Kier alpha value is -1.26. The number of benzene rings is 1. The quantitative estimate of drug-likeness (QED) is 0.925. The minimum Gasteiger partial charge on any atom is -0.355 e.